The van der Waals surface area contributed by atoms with Crippen molar-refractivity contribution in [1.82, 2.24) is 9.97 Å². The summed E-state index contributed by atoms with van der Waals surface area (Å²) in [6.07, 6.45) is 0. The highest BCUT2D eigenvalue weighted by atomic mass is 16.7. The van der Waals surface area contributed by atoms with Gasteiger partial charge in [-0.3, -0.25) is 24.4 Å². The summed E-state index contributed by atoms with van der Waals surface area (Å²) in [4.78, 5) is 51.0. The first-order chi connectivity index (χ1) is 12.4. The fourth-order valence-electron chi connectivity index (χ4n) is 2.91. The van der Waals surface area contributed by atoms with Crippen LogP contribution in [0.5, 0.6) is 5.88 Å². The Bertz CT molecular complexity index is 1050. The lowest BCUT2D eigenvalue weighted by Gasteiger charge is -2.19. The minimum Gasteiger partial charge on any atom is -0.494 e. The van der Waals surface area contributed by atoms with Crippen LogP contribution in [0.1, 0.15) is 15.9 Å². The van der Waals surface area contributed by atoms with E-state index in [1.807, 2.05) is 9.97 Å². The molecule has 2 aliphatic heterocycles. The molecular weight excluding hydrogens is 348 g/mol. The summed E-state index contributed by atoms with van der Waals surface area (Å²) < 4.78 is 10.9. The van der Waals surface area contributed by atoms with Crippen LogP contribution in [0, 0.1) is 0 Å². The SMILES string of the molecule is O=C(Nc1ccc2c(c1)C1(OCCO1)C(=O)N2)c1c(O)[nH]c(=O)[nH]c1=O. The van der Waals surface area contributed by atoms with E-state index in [0.717, 1.165) is 0 Å². The van der Waals surface area contributed by atoms with Crippen molar-refractivity contribution < 1.29 is 24.2 Å². The van der Waals surface area contributed by atoms with E-state index < -0.39 is 40.3 Å². The number of carbonyl (C=O) groups excluding carboxylic acids is 2. The topological polar surface area (TPSA) is 163 Å². The number of aromatic nitrogens is 2. The summed E-state index contributed by atoms with van der Waals surface area (Å²) in [6.45, 7) is 0.480. The van der Waals surface area contributed by atoms with Crippen molar-refractivity contribution in [2.45, 2.75) is 5.79 Å². The minimum absolute atomic E-state index is 0.230. The van der Waals surface area contributed by atoms with E-state index in [1.54, 1.807) is 6.07 Å². The average molecular weight is 360 g/mol. The molecule has 4 rings (SSSR count). The number of amides is 2. The Hall–Kier alpha value is -3.44. The third-order valence-electron chi connectivity index (χ3n) is 4.02. The van der Waals surface area contributed by atoms with Gasteiger partial charge in [0, 0.05) is 11.3 Å². The lowest BCUT2D eigenvalue weighted by Crippen LogP contribution is -2.35. The molecule has 11 heteroatoms. The Morgan fingerprint density at radius 3 is 2.58 bits per heavy atom. The van der Waals surface area contributed by atoms with E-state index >= 15 is 0 Å². The highest BCUT2D eigenvalue weighted by Crippen LogP contribution is 2.43. The van der Waals surface area contributed by atoms with E-state index in [1.165, 1.54) is 12.1 Å². The number of fused-ring (bicyclic) bond motifs is 2. The van der Waals surface area contributed by atoms with E-state index in [-0.39, 0.29) is 18.9 Å². The van der Waals surface area contributed by atoms with Crippen molar-refractivity contribution in [1.29, 1.82) is 0 Å². The normalized spacial score (nSPS) is 17.2. The van der Waals surface area contributed by atoms with Crippen LogP contribution in [-0.2, 0) is 20.1 Å². The zero-order valence-corrected chi connectivity index (χ0v) is 13.0. The molecule has 0 unspecified atom stereocenters. The van der Waals surface area contributed by atoms with Gasteiger partial charge in [0.15, 0.2) is 5.56 Å². The maximum Gasteiger partial charge on any atom is 0.328 e. The number of benzene rings is 1. The van der Waals surface area contributed by atoms with Gasteiger partial charge in [0.1, 0.15) is 0 Å². The molecule has 1 spiro atoms. The molecule has 11 nitrogen and oxygen atoms in total. The molecule has 3 heterocycles. The molecule has 1 aromatic carbocycles. The molecule has 26 heavy (non-hydrogen) atoms. The number of rotatable bonds is 2. The molecular formula is C15H12N4O7. The van der Waals surface area contributed by atoms with Gasteiger partial charge in [-0.05, 0) is 18.2 Å². The molecule has 2 amide bonds. The fourth-order valence-corrected chi connectivity index (χ4v) is 2.91. The van der Waals surface area contributed by atoms with Crippen molar-refractivity contribution in [2.24, 2.45) is 0 Å². The molecule has 2 aliphatic rings. The number of carbonyl (C=O) groups is 2. The largest absolute Gasteiger partial charge is 0.494 e. The van der Waals surface area contributed by atoms with Gasteiger partial charge in [-0.15, -0.1) is 0 Å². The second-order valence-corrected chi connectivity index (χ2v) is 5.61. The molecule has 1 aromatic heterocycles. The van der Waals surface area contributed by atoms with Crippen LogP contribution in [0.4, 0.5) is 11.4 Å². The van der Waals surface area contributed by atoms with Gasteiger partial charge in [-0.2, -0.15) is 0 Å². The van der Waals surface area contributed by atoms with Crippen LogP contribution in [0.3, 0.4) is 0 Å². The summed E-state index contributed by atoms with van der Waals surface area (Å²) >= 11 is 0. The summed E-state index contributed by atoms with van der Waals surface area (Å²) in [6, 6.07) is 4.49. The van der Waals surface area contributed by atoms with Gasteiger partial charge < -0.3 is 25.2 Å². The van der Waals surface area contributed by atoms with Crippen LogP contribution in [0.2, 0.25) is 0 Å². The van der Waals surface area contributed by atoms with Crippen LogP contribution in [-0.4, -0.2) is 40.1 Å². The van der Waals surface area contributed by atoms with Crippen LogP contribution < -0.4 is 21.9 Å². The number of anilines is 2. The summed E-state index contributed by atoms with van der Waals surface area (Å²) in [5, 5.41) is 14.7. The number of nitrogens with one attached hydrogen (secondary N) is 4. The molecule has 1 saturated heterocycles. The number of H-pyrrole nitrogens is 2. The quantitative estimate of drug-likeness (QED) is 0.467. The first-order valence-electron chi connectivity index (χ1n) is 7.51. The second-order valence-electron chi connectivity index (χ2n) is 5.61. The van der Waals surface area contributed by atoms with Crippen molar-refractivity contribution >= 4 is 23.2 Å². The highest BCUT2D eigenvalue weighted by molar-refractivity contribution is 6.07. The molecule has 5 N–H and O–H groups in total. The van der Waals surface area contributed by atoms with Gasteiger partial charge in [0.25, 0.3) is 23.2 Å². The number of ether oxygens (including phenoxy) is 2. The number of aromatic amines is 2. The Morgan fingerprint density at radius 1 is 1.15 bits per heavy atom. The molecule has 0 radical (unpaired) electrons. The number of hydrogen-bond donors (Lipinski definition) is 5. The molecule has 1 fully saturated rings. The Labute approximate surface area is 144 Å². The van der Waals surface area contributed by atoms with Gasteiger partial charge in [0.05, 0.1) is 18.9 Å². The first kappa shape index (κ1) is 16.1. The summed E-state index contributed by atoms with van der Waals surface area (Å²) in [5.41, 5.74) is -1.54. The summed E-state index contributed by atoms with van der Waals surface area (Å²) in [7, 11) is 0. The maximum atomic E-state index is 12.3. The first-order valence-corrected chi connectivity index (χ1v) is 7.51. The van der Waals surface area contributed by atoms with Crippen molar-refractivity contribution in [3.05, 3.63) is 50.2 Å². The standard InChI is InChI=1S/C15H12N4O7/c20-10(9-11(21)18-14(24)19-12(9)22)16-6-1-2-8-7(5-6)15(13(23)17-8)25-3-4-26-15/h1-2,5H,3-4H2,(H,16,20)(H,17,23)(H3,18,19,21,22,24). The molecule has 0 aliphatic carbocycles. The smallest absolute Gasteiger partial charge is 0.328 e. The highest BCUT2D eigenvalue weighted by Gasteiger charge is 2.52. The van der Waals surface area contributed by atoms with Crippen LogP contribution in [0.15, 0.2) is 27.8 Å². The van der Waals surface area contributed by atoms with Gasteiger partial charge in [-0.1, -0.05) is 0 Å². The fraction of sp³-hybridized carbons (Fsp3) is 0.200. The minimum atomic E-state index is -1.56. The van der Waals surface area contributed by atoms with Crippen molar-refractivity contribution in [3.63, 3.8) is 0 Å². The molecule has 134 valence electrons. The van der Waals surface area contributed by atoms with Gasteiger partial charge in [0.2, 0.25) is 5.88 Å². The van der Waals surface area contributed by atoms with E-state index in [4.69, 9.17) is 9.47 Å². The monoisotopic (exact) mass is 360 g/mol. The number of hydrogen-bond acceptors (Lipinski definition) is 7. The second kappa shape index (κ2) is 5.54. The maximum absolute atomic E-state index is 12.3. The number of aromatic hydroxyl groups is 1. The van der Waals surface area contributed by atoms with Gasteiger partial charge >= 0.3 is 5.69 Å². The molecule has 0 bridgehead atoms. The third kappa shape index (κ3) is 2.29. The van der Waals surface area contributed by atoms with E-state index in [2.05, 4.69) is 10.6 Å². The van der Waals surface area contributed by atoms with E-state index in [0.29, 0.717) is 11.3 Å². The molecule has 2 aromatic rings. The lowest BCUT2D eigenvalue weighted by atomic mass is 10.1. The Kier molecular flexibility index (Phi) is 3.42. The van der Waals surface area contributed by atoms with E-state index in [9.17, 15) is 24.3 Å². The predicted molar refractivity (Wildman–Crippen MR) is 86.0 cm³/mol. The Balaban J connectivity index is 1.68. The van der Waals surface area contributed by atoms with Crippen molar-refractivity contribution in [3.8, 4) is 5.88 Å². The zero-order valence-electron chi connectivity index (χ0n) is 13.0. The lowest BCUT2D eigenvalue weighted by molar-refractivity contribution is -0.178. The third-order valence-corrected chi connectivity index (χ3v) is 4.02. The van der Waals surface area contributed by atoms with Gasteiger partial charge in [-0.25, -0.2) is 4.79 Å². The zero-order chi connectivity index (χ0) is 18.5. The van der Waals surface area contributed by atoms with Crippen LogP contribution in [0.25, 0.3) is 0 Å². The van der Waals surface area contributed by atoms with Crippen LogP contribution >= 0.6 is 0 Å². The van der Waals surface area contributed by atoms with Crippen molar-refractivity contribution in [2.75, 3.05) is 23.8 Å². The summed E-state index contributed by atoms with van der Waals surface area (Å²) in [5.74, 6) is -3.83. The Morgan fingerprint density at radius 2 is 1.88 bits per heavy atom. The molecule has 0 atom stereocenters. The molecule has 0 saturated carbocycles. The average Bonchev–Trinajstić information content (AvgIpc) is 3.15. The predicted octanol–water partition coefficient (Wildman–Crippen LogP) is -0.827.